The zero-order valence-corrected chi connectivity index (χ0v) is 13.7. The molecule has 0 saturated heterocycles. The number of aryl methyl sites for hydroxylation is 1. The van der Waals surface area contributed by atoms with E-state index in [2.05, 4.69) is 19.9 Å². The molecule has 0 radical (unpaired) electrons. The van der Waals surface area contributed by atoms with Gasteiger partial charge in [0, 0.05) is 24.6 Å². The van der Waals surface area contributed by atoms with E-state index in [1.165, 1.54) is 29.3 Å². The summed E-state index contributed by atoms with van der Waals surface area (Å²) in [6.07, 6.45) is 4.32. The number of rotatable bonds is 3. The number of benzene rings is 1. The first-order chi connectivity index (χ1) is 12.2. The monoisotopic (exact) mass is 339 g/mol. The number of hydrogen-bond acceptors (Lipinski definition) is 4. The summed E-state index contributed by atoms with van der Waals surface area (Å²) in [5.74, 6) is 1.43. The maximum Gasteiger partial charge on any atom is 0.267 e. The summed E-state index contributed by atoms with van der Waals surface area (Å²) in [7, 11) is 0. The highest BCUT2D eigenvalue weighted by molar-refractivity contribution is 5.57. The molecule has 7 heteroatoms. The van der Waals surface area contributed by atoms with Crippen LogP contribution >= 0.6 is 0 Å². The zero-order valence-electron chi connectivity index (χ0n) is 13.7. The van der Waals surface area contributed by atoms with Gasteiger partial charge < -0.3 is 4.57 Å². The summed E-state index contributed by atoms with van der Waals surface area (Å²) in [6, 6.07) is 9.18. The Labute approximate surface area is 144 Å². The second kappa shape index (κ2) is 6.58. The molecule has 0 amide bonds. The van der Waals surface area contributed by atoms with Gasteiger partial charge in [0.05, 0.1) is 5.69 Å². The van der Waals surface area contributed by atoms with Gasteiger partial charge in [-0.25, -0.2) is 9.07 Å². The van der Waals surface area contributed by atoms with Crippen molar-refractivity contribution in [1.29, 1.82) is 0 Å². The van der Waals surface area contributed by atoms with Crippen LogP contribution in [0, 0.1) is 5.82 Å². The van der Waals surface area contributed by atoms with Gasteiger partial charge in [0.15, 0.2) is 5.82 Å². The Morgan fingerprint density at radius 2 is 1.84 bits per heavy atom. The Balaban J connectivity index is 1.67. The van der Waals surface area contributed by atoms with E-state index in [9.17, 15) is 9.18 Å². The molecule has 3 aromatic rings. The van der Waals surface area contributed by atoms with Gasteiger partial charge in [0.25, 0.3) is 5.56 Å². The van der Waals surface area contributed by atoms with Crippen molar-refractivity contribution in [3.63, 3.8) is 0 Å². The van der Waals surface area contributed by atoms with Crippen LogP contribution in [-0.4, -0.2) is 24.5 Å². The van der Waals surface area contributed by atoms with Crippen LogP contribution in [0.2, 0.25) is 0 Å². The Morgan fingerprint density at radius 1 is 1.00 bits per heavy atom. The summed E-state index contributed by atoms with van der Waals surface area (Å²) in [6.45, 7) is 1.16. The SMILES string of the molecule is O=c1ccc(-c2ccc(F)cc2)nn1Cc1nnc2n1CCCCC2. The first-order valence-corrected chi connectivity index (χ1v) is 8.46. The standard InChI is InChI=1S/C18H18FN5O/c19-14-7-5-13(6-8-14)15-9-10-18(25)24(22-15)12-17-21-20-16-4-2-1-3-11-23(16)17/h5-10H,1-4,11-12H2. The van der Waals surface area contributed by atoms with Crippen LogP contribution < -0.4 is 5.56 Å². The molecule has 0 atom stereocenters. The molecule has 0 N–H and O–H groups in total. The van der Waals surface area contributed by atoms with Crippen LogP contribution in [0.5, 0.6) is 0 Å². The highest BCUT2D eigenvalue weighted by Gasteiger charge is 2.16. The van der Waals surface area contributed by atoms with Crippen molar-refractivity contribution in [3.8, 4) is 11.3 Å². The molecule has 2 aromatic heterocycles. The van der Waals surface area contributed by atoms with Crippen molar-refractivity contribution in [2.45, 2.75) is 38.8 Å². The lowest BCUT2D eigenvalue weighted by atomic mass is 10.1. The molecular weight excluding hydrogens is 321 g/mol. The average molecular weight is 339 g/mol. The van der Waals surface area contributed by atoms with Crippen LogP contribution in [-0.2, 0) is 19.5 Å². The van der Waals surface area contributed by atoms with Gasteiger partial charge in [-0.3, -0.25) is 4.79 Å². The molecular formula is C18H18FN5O. The Morgan fingerprint density at radius 3 is 2.68 bits per heavy atom. The van der Waals surface area contributed by atoms with Gasteiger partial charge in [-0.15, -0.1) is 10.2 Å². The average Bonchev–Trinajstić information content (AvgIpc) is 2.84. The minimum atomic E-state index is -0.303. The van der Waals surface area contributed by atoms with E-state index in [0.29, 0.717) is 5.69 Å². The molecule has 6 nitrogen and oxygen atoms in total. The molecule has 0 saturated carbocycles. The maximum atomic E-state index is 13.1. The van der Waals surface area contributed by atoms with E-state index in [4.69, 9.17) is 0 Å². The largest absolute Gasteiger partial charge is 0.313 e. The summed E-state index contributed by atoms with van der Waals surface area (Å²) in [5, 5.41) is 12.9. The molecule has 0 fully saturated rings. The third-order valence-corrected chi connectivity index (χ3v) is 4.48. The summed E-state index contributed by atoms with van der Waals surface area (Å²) in [5.41, 5.74) is 1.18. The van der Waals surface area contributed by atoms with E-state index < -0.39 is 0 Å². The summed E-state index contributed by atoms with van der Waals surface area (Å²) < 4.78 is 16.6. The molecule has 4 rings (SSSR count). The Kier molecular flexibility index (Phi) is 4.13. The van der Waals surface area contributed by atoms with Crippen LogP contribution in [0.15, 0.2) is 41.2 Å². The van der Waals surface area contributed by atoms with E-state index in [0.717, 1.165) is 43.0 Å². The first kappa shape index (κ1) is 15.7. The van der Waals surface area contributed by atoms with Gasteiger partial charge in [0.1, 0.15) is 18.2 Å². The lowest BCUT2D eigenvalue weighted by Gasteiger charge is -2.09. The Bertz CT molecular complexity index is 945. The van der Waals surface area contributed by atoms with Gasteiger partial charge >= 0.3 is 0 Å². The minimum absolute atomic E-state index is 0.197. The van der Waals surface area contributed by atoms with Crippen LogP contribution in [0.25, 0.3) is 11.3 Å². The lowest BCUT2D eigenvalue weighted by Crippen LogP contribution is -2.24. The van der Waals surface area contributed by atoms with Gasteiger partial charge in [-0.2, -0.15) is 5.10 Å². The van der Waals surface area contributed by atoms with Crippen LogP contribution in [0.1, 0.15) is 30.9 Å². The third kappa shape index (κ3) is 3.22. The Hall–Kier alpha value is -2.83. The highest BCUT2D eigenvalue weighted by Crippen LogP contribution is 2.17. The second-order valence-corrected chi connectivity index (χ2v) is 6.22. The highest BCUT2D eigenvalue weighted by atomic mass is 19.1. The number of halogens is 1. The van der Waals surface area contributed by atoms with Crippen molar-refractivity contribution in [1.82, 2.24) is 24.5 Å². The quantitative estimate of drug-likeness (QED) is 0.735. The van der Waals surface area contributed by atoms with Gasteiger partial charge in [-0.05, 0) is 43.2 Å². The third-order valence-electron chi connectivity index (χ3n) is 4.48. The zero-order chi connectivity index (χ0) is 17.2. The fraction of sp³-hybridized carbons (Fsp3) is 0.333. The van der Waals surface area contributed by atoms with Crippen molar-refractivity contribution in [3.05, 3.63) is 64.2 Å². The predicted octanol–water partition coefficient (Wildman–Crippen LogP) is 2.42. The number of hydrogen-bond donors (Lipinski definition) is 0. The van der Waals surface area contributed by atoms with E-state index >= 15 is 0 Å². The smallest absolute Gasteiger partial charge is 0.267 e. The second-order valence-electron chi connectivity index (χ2n) is 6.22. The summed E-state index contributed by atoms with van der Waals surface area (Å²) >= 11 is 0. The van der Waals surface area contributed by atoms with Crippen molar-refractivity contribution < 1.29 is 4.39 Å². The van der Waals surface area contributed by atoms with Crippen molar-refractivity contribution in [2.24, 2.45) is 0 Å². The van der Waals surface area contributed by atoms with Gasteiger partial charge in [0.2, 0.25) is 0 Å². The molecule has 25 heavy (non-hydrogen) atoms. The van der Waals surface area contributed by atoms with Crippen LogP contribution in [0.3, 0.4) is 0 Å². The van der Waals surface area contributed by atoms with E-state index in [-0.39, 0.29) is 17.9 Å². The normalized spacial score (nSPS) is 14.1. The van der Waals surface area contributed by atoms with Crippen molar-refractivity contribution >= 4 is 0 Å². The maximum absolute atomic E-state index is 13.1. The molecule has 0 bridgehead atoms. The number of fused-ring (bicyclic) bond motifs is 1. The van der Waals surface area contributed by atoms with Crippen molar-refractivity contribution in [2.75, 3.05) is 0 Å². The predicted molar refractivity (Wildman–Crippen MR) is 90.6 cm³/mol. The molecule has 1 aromatic carbocycles. The molecule has 3 heterocycles. The minimum Gasteiger partial charge on any atom is -0.313 e. The topological polar surface area (TPSA) is 65.6 Å². The number of aromatic nitrogens is 5. The molecule has 0 spiro atoms. The fourth-order valence-corrected chi connectivity index (χ4v) is 3.13. The summed E-state index contributed by atoms with van der Waals surface area (Å²) in [4.78, 5) is 12.2. The molecule has 0 unspecified atom stereocenters. The van der Waals surface area contributed by atoms with E-state index in [1.807, 2.05) is 0 Å². The fourth-order valence-electron chi connectivity index (χ4n) is 3.13. The molecule has 128 valence electrons. The molecule has 0 aliphatic carbocycles. The van der Waals surface area contributed by atoms with Crippen LogP contribution in [0.4, 0.5) is 4.39 Å². The van der Waals surface area contributed by atoms with E-state index in [1.54, 1.807) is 18.2 Å². The molecule has 1 aliphatic heterocycles. The lowest BCUT2D eigenvalue weighted by molar-refractivity contribution is 0.555. The molecule has 1 aliphatic rings. The first-order valence-electron chi connectivity index (χ1n) is 8.46. The number of nitrogens with zero attached hydrogens (tertiary/aromatic N) is 5. The van der Waals surface area contributed by atoms with Gasteiger partial charge in [-0.1, -0.05) is 6.42 Å².